The molecule has 144 valence electrons. The van der Waals surface area contributed by atoms with E-state index in [9.17, 15) is 17.2 Å². The van der Waals surface area contributed by atoms with Crippen LogP contribution in [-0.2, 0) is 21.5 Å². The van der Waals surface area contributed by atoms with Crippen molar-refractivity contribution >= 4 is 65.3 Å². The number of anilines is 1. The van der Waals surface area contributed by atoms with E-state index in [4.69, 9.17) is 4.74 Å². The molecule has 2 aromatic carbocycles. The number of ether oxygens (including phenoxy) is 1. The van der Waals surface area contributed by atoms with Crippen LogP contribution in [0.1, 0.15) is 0 Å². The number of hydrogen-bond donors (Lipinski definition) is 1. The molecule has 0 amide bonds. The molecule has 11 heteroatoms. The first-order valence-corrected chi connectivity index (χ1v) is 11.4. The Kier molecular flexibility index (Phi) is 6.33. The molecule has 27 heavy (non-hydrogen) atoms. The number of alkyl halides is 1. The third-order valence-electron chi connectivity index (χ3n) is 3.57. The molecule has 0 bridgehead atoms. The first kappa shape index (κ1) is 20.4. The van der Waals surface area contributed by atoms with Gasteiger partial charge in [0.1, 0.15) is 28.8 Å². The minimum absolute atomic E-state index is 0.163. The van der Waals surface area contributed by atoms with Crippen molar-refractivity contribution in [1.82, 2.24) is 9.55 Å². The summed E-state index contributed by atoms with van der Waals surface area (Å²) >= 11 is 5.52. The third-order valence-corrected chi connectivity index (χ3v) is 5.87. The highest BCUT2D eigenvalue weighted by Gasteiger charge is 2.22. The number of fused-ring (bicyclic) bond motifs is 1. The van der Waals surface area contributed by atoms with E-state index < -0.39 is 26.6 Å². The molecule has 0 radical (unpaired) electrons. The molecule has 1 heterocycles. The fourth-order valence-corrected chi connectivity index (χ4v) is 4.30. The van der Waals surface area contributed by atoms with E-state index >= 15 is 0 Å². The van der Waals surface area contributed by atoms with Crippen LogP contribution >= 0.6 is 38.5 Å². The van der Waals surface area contributed by atoms with Gasteiger partial charge in [0.05, 0.1) is 24.1 Å². The van der Waals surface area contributed by atoms with Gasteiger partial charge < -0.3 is 9.30 Å². The van der Waals surface area contributed by atoms with Gasteiger partial charge in [0, 0.05) is 15.0 Å². The predicted octanol–water partition coefficient (Wildman–Crippen LogP) is 4.29. The van der Waals surface area contributed by atoms with Crippen molar-refractivity contribution in [3.63, 3.8) is 0 Å². The lowest BCUT2D eigenvalue weighted by Crippen LogP contribution is -2.15. The van der Waals surface area contributed by atoms with Gasteiger partial charge in [0.15, 0.2) is 0 Å². The van der Waals surface area contributed by atoms with Crippen molar-refractivity contribution in [3.05, 3.63) is 52.8 Å². The Morgan fingerprint density at radius 1 is 1.26 bits per heavy atom. The maximum atomic E-state index is 13.9. The minimum atomic E-state index is -4.27. The molecular weight excluding hydrogens is 559 g/mol. The fraction of sp³-hybridized carbons (Fsp3) is 0.188. The molecule has 0 unspecified atom stereocenters. The normalized spacial score (nSPS) is 11.9. The first-order valence-electron chi connectivity index (χ1n) is 7.58. The predicted molar refractivity (Wildman–Crippen MR) is 109 cm³/mol. The van der Waals surface area contributed by atoms with Crippen LogP contribution in [0.3, 0.4) is 0 Å². The lowest BCUT2D eigenvalue weighted by Gasteiger charge is -2.11. The topological polar surface area (TPSA) is 73.2 Å². The van der Waals surface area contributed by atoms with Crippen LogP contribution in [-0.4, -0.2) is 29.0 Å². The number of rotatable bonds is 7. The molecule has 1 aromatic heterocycles. The average Bonchev–Trinajstić information content (AvgIpc) is 2.97. The Bertz CT molecular complexity index is 1090. The number of halogens is 4. The lowest BCUT2D eigenvalue weighted by atomic mass is 10.3. The van der Waals surface area contributed by atoms with Crippen LogP contribution in [0.2, 0.25) is 0 Å². The fourth-order valence-electron chi connectivity index (χ4n) is 2.42. The van der Waals surface area contributed by atoms with E-state index in [-0.39, 0.29) is 12.4 Å². The second-order valence-electron chi connectivity index (χ2n) is 5.44. The van der Waals surface area contributed by atoms with Gasteiger partial charge in [-0.2, -0.15) is 0 Å². The van der Waals surface area contributed by atoms with E-state index in [2.05, 4.69) is 48.2 Å². The number of aromatic nitrogens is 2. The molecule has 0 saturated heterocycles. The van der Waals surface area contributed by atoms with Crippen molar-refractivity contribution < 1.29 is 21.9 Å². The summed E-state index contributed by atoms with van der Waals surface area (Å²) in [6.07, 6.45) is 1.53. The van der Waals surface area contributed by atoms with Gasteiger partial charge in [-0.3, -0.25) is 4.72 Å². The number of nitrogens with zero attached hydrogens (tertiary/aromatic N) is 2. The maximum Gasteiger partial charge on any atom is 0.264 e. The summed E-state index contributed by atoms with van der Waals surface area (Å²) in [7, 11) is -4.27. The van der Waals surface area contributed by atoms with Gasteiger partial charge in [0.25, 0.3) is 10.0 Å². The highest BCUT2D eigenvalue weighted by atomic mass is 127. The van der Waals surface area contributed by atoms with E-state index in [0.29, 0.717) is 28.2 Å². The average molecular weight is 572 g/mol. The Balaban J connectivity index is 1.99. The smallest absolute Gasteiger partial charge is 0.264 e. The second-order valence-corrected chi connectivity index (χ2v) is 9.09. The zero-order valence-corrected chi connectivity index (χ0v) is 18.2. The third kappa shape index (κ3) is 4.58. The van der Waals surface area contributed by atoms with E-state index in [1.54, 1.807) is 10.6 Å². The van der Waals surface area contributed by atoms with Crippen molar-refractivity contribution in [2.75, 3.05) is 15.8 Å². The summed E-state index contributed by atoms with van der Waals surface area (Å²) < 4.78 is 63.1. The van der Waals surface area contributed by atoms with Crippen LogP contribution in [0, 0.1) is 11.6 Å². The molecule has 6 nitrogen and oxygen atoms in total. The zero-order chi connectivity index (χ0) is 19.6. The molecule has 3 rings (SSSR count). The number of nitrogens with one attached hydrogen (secondary N) is 1. The second kappa shape index (κ2) is 8.37. The molecule has 0 saturated carbocycles. The SMILES string of the molecule is O=S(=O)(Nc1cc(Br)cc2c1ncn2COCCI)c1ccc(F)cc1F. The molecule has 3 aromatic rings. The van der Waals surface area contributed by atoms with Crippen molar-refractivity contribution in [2.24, 2.45) is 0 Å². The van der Waals surface area contributed by atoms with Crippen LogP contribution in [0.25, 0.3) is 11.0 Å². The standard InChI is InChI=1S/C16H13BrF2IN3O3S/c17-10-5-13(16-14(6-10)23(8-21-16)9-26-4-3-20)22-27(24,25)15-2-1-11(18)7-12(15)19/h1-2,5-8,22H,3-4,9H2. The van der Waals surface area contributed by atoms with Crippen LogP contribution < -0.4 is 4.72 Å². The quantitative estimate of drug-likeness (QED) is 0.261. The number of benzene rings is 2. The molecule has 0 aliphatic heterocycles. The van der Waals surface area contributed by atoms with Crippen molar-refractivity contribution in [1.29, 1.82) is 0 Å². The van der Waals surface area contributed by atoms with Crippen molar-refractivity contribution in [2.45, 2.75) is 11.6 Å². The zero-order valence-electron chi connectivity index (χ0n) is 13.6. The molecule has 0 aliphatic carbocycles. The number of imidazole rings is 1. The van der Waals surface area contributed by atoms with Gasteiger partial charge in [-0.05, 0) is 24.3 Å². The molecule has 1 N–H and O–H groups in total. The number of sulfonamides is 1. The van der Waals surface area contributed by atoms with Crippen LogP contribution in [0.5, 0.6) is 0 Å². The molecule has 0 atom stereocenters. The molecule has 0 spiro atoms. The Labute approximate surface area is 176 Å². The monoisotopic (exact) mass is 571 g/mol. The number of hydrogen-bond acceptors (Lipinski definition) is 4. The van der Waals surface area contributed by atoms with E-state index in [0.717, 1.165) is 16.6 Å². The summed E-state index contributed by atoms with van der Waals surface area (Å²) in [5, 5.41) is 0. The largest absolute Gasteiger partial charge is 0.360 e. The highest BCUT2D eigenvalue weighted by molar-refractivity contribution is 14.1. The lowest BCUT2D eigenvalue weighted by molar-refractivity contribution is 0.0939. The van der Waals surface area contributed by atoms with Crippen molar-refractivity contribution in [3.8, 4) is 0 Å². The Morgan fingerprint density at radius 3 is 2.74 bits per heavy atom. The minimum Gasteiger partial charge on any atom is -0.360 e. The van der Waals surface area contributed by atoms with Gasteiger partial charge >= 0.3 is 0 Å². The van der Waals surface area contributed by atoms with E-state index in [1.807, 2.05) is 0 Å². The molecule has 0 fully saturated rings. The summed E-state index contributed by atoms with van der Waals surface area (Å²) in [4.78, 5) is 3.58. The van der Waals surface area contributed by atoms with E-state index in [1.165, 1.54) is 12.4 Å². The van der Waals surface area contributed by atoms with Crippen LogP contribution in [0.15, 0.2) is 46.0 Å². The van der Waals surface area contributed by atoms with Crippen LogP contribution in [0.4, 0.5) is 14.5 Å². The first-order chi connectivity index (χ1) is 12.8. The summed E-state index contributed by atoms with van der Waals surface area (Å²) in [5.41, 5.74) is 1.17. The van der Waals surface area contributed by atoms with Gasteiger partial charge in [0.2, 0.25) is 0 Å². The molecular formula is C16H13BrF2IN3O3S. The summed E-state index contributed by atoms with van der Waals surface area (Å²) in [6, 6.07) is 5.56. The van der Waals surface area contributed by atoms with Gasteiger partial charge in [-0.25, -0.2) is 22.2 Å². The summed E-state index contributed by atoms with van der Waals surface area (Å²) in [6.45, 7) is 0.826. The summed E-state index contributed by atoms with van der Waals surface area (Å²) in [5.74, 6) is -2.03. The van der Waals surface area contributed by atoms with Gasteiger partial charge in [-0.15, -0.1) is 0 Å². The molecule has 0 aliphatic rings. The Morgan fingerprint density at radius 2 is 2.04 bits per heavy atom. The van der Waals surface area contributed by atoms with Gasteiger partial charge in [-0.1, -0.05) is 38.5 Å². The maximum absolute atomic E-state index is 13.9. The highest BCUT2D eigenvalue weighted by Crippen LogP contribution is 2.30. The Hall–Kier alpha value is -1.31.